The number of phenolic OH excluding ortho intramolecular Hbond substituents is 1. The molecule has 0 saturated heterocycles. The van der Waals surface area contributed by atoms with Gasteiger partial charge in [-0.1, -0.05) is 23.2 Å². The molecule has 4 nitrogen and oxygen atoms in total. The number of carbonyl (C=O) groups excluding carboxylic acids is 1. The lowest BCUT2D eigenvalue weighted by Crippen LogP contribution is -2.17. The van der Waals surface area contributed by atoms with Crippen molar-refractivity contribution in [3.05, 3.63) is 22.2 Å². The molecule has 1 amide bonds. The first-order valence-electron chi connectivity index (χ1n) is 4.55. The second-order valence-corrected chi connectivity index (χ2v) is 4.18. The van der Waals surface area contributed by atoms with E-state index >= 15 is 0 Å². The van der Waals surface area contributed by atoms with Crippen molar-refractivity contribution in [3.63, 3.8) is 0 Å². The van der Waals surface area contributed by atoms with Gasteiger partial charge in [-0.25, -0.2) is 4.79 Å². The van der Waals surface area contributed by atoms with Gasteiger partial charge in [0.25, 0.3) is 0 Å². The van der Waals surface area contributed by atoms with E-state index in [2.05, 4.69) is 5.32 Å². The quantitative estimate of drug-likeness (QED) is 0.801. The van der Waals surface area contributed by atoms with E-state index in [1.54, 1.807) is 13.8 Å². The number of anilines is 1. The number of hydrogen-bond acceptors (Lipinski definition) is 3. The lowest BCUT2D eigenvalue weighted by atomic mass is 10.3. The van der Waals surface area contributed by atoms with E-state index in [0.717, 1.165) is 0 Å². The Morgan fingerprint density at radius 2 is 1.88 bits per heavy atom. The fourth-order valence-electron chi connectivity index (χ4n) is 0.999. The lowest BCUT2D eigenvalue weighted by molar-refractivity contribution is 0.130. The molecule has 1 aromatic rings. The highest BCUT2D eigenvalue weighted by molar-refractivity contribution is 6.37. The number of hydrogen-bond donors (Lipinski definition) is 2. The van der Waals surface area contributed by atoms with Crippen LogP contribution in [0.25, 0.3) is 0 Å². The first kappa shape index (κ1) is 12.9. The van der Waals surface area contributed by atoms with E-state index in [0.29, 0.717) is 5.69 Å². The summed E-state index contributed by atoms with van der Waals surface area (Å²) in [7, 11) is 0. The second kappa shape index (κ2) is 5.27. The molecule has 0 aliphatic heterocycles. The van der Waals surface area contributed by atoms with Crippen molar-refractivity contribution in [2.45, 2.75) is 20.0 Å². The Balaban J connectivity index is 2.79. The van der Waals surface area contributed by atoms with E-state index in [-0.39, 0.29) is 21.9 Å². The monoisotopic (exact) mass is 263 g/mol. The van der Waals surface area contributed by atoms with Crippen LogP contribution in [-0.2, 0) is 4.74 Å². The SMILES string of the molecule is CC(C)OC(=O)Nc1cc(Cl)c(O)c(Cl)c1. The molecule has 0 atom stereocenters. The minimum absolute atomic E-state index is 0.0624. The van der Waals surface area contributed by atoms with Gasteiger partial charge in [0.1, 0.15) is 0 Å². The number of amides is 1. The Bertz CT molecular complexity index is 384. The summed E-state index contributed by atoms with van der Waals surface area (Å²) in [4.78, 5) is 11.2. The fraction of sp³-hybridized carbons (Fsp3) is 0.300. The average Bonchev–Trinajstić information content (AvgIpc) is 2.12. The van der Waals surface area contributed by atoms with E-state index in [1.165, 1.54) is 12.1 Å². The number of rotatable bonds is 2. The summed E-state index contributed by atoms with van der Waals surface area (Å²) in [6.45, 7) is 3.46. The number of carbonyl (C=O) groups is 1. The number of nitrogens with one attached hydrogen (secondary N) is 1. The average molecular weight is 264 g/mol. The molecule has 1 aromatic carbocycles. The highest BCUT2D eigenvalue weighted by Crippen LogP contribution is 2.34. The predicted octanol–water partition coefficient (Wildman–Crippen LogP) is 3.66. The van der Waals surface area contributed by atoms with Crippen LogP contribution in [0.5, 0.6) is 5.75 Å². The van der Waals surface area contributed by atoms with Gasteiger partial charge in [-0.3, -0.25) is 5.32 Å². The Morgan fingerprint density at radius 3 is 2.31 bits per heavy atom. The summed E-state index contributed by atoms with van der Waals surface area (Å²) in [6.07, 6.45) is -0.823. The van der Waals surface area contributed by atoms with Crippen LogP contribution in [0.15, 0.2) is 12.1 Å². The van der Waals surface area contributed by atoms with Crippen LogP contribution in [0, 0.1) is 0 Å². The third kappa shape index (κ3) is 3.47. The molecule has 0 aliphatic carbocycles. The molecule has 0 saturated carbocycles. The van der Waals surface area contributed by atoms with Crippen molar-refractivity contribution in [2.24, 2.45) is 0 Å². The zero-order chi connectivity index (χ0) is 12.3. The first-order chi connectivity index (χ1) is 7.40. The minimum Gasteiger partial charge on any atom is -0.505 e. The van der Waals surface area contributed by atoms with E-state index < -0.39 is 6.09 Å². The maximum Gasteiger partial charge on any atom is 0.411 e. The molecule has 1 rings (SSSR count). The third-order valence-corrected chi connectivity index (χ3v) is 2.18. The summed E-state index contributed by atoms with van der Waals surface area (Å²) in [5.41, 5.74) is 0.360. The van der Waals surface area contributed by atoms with E-state index in [9.17, 15) is 9.90 Å². The lowest BCUT2D eigenvalue weighted by Gasteiger charge is -2.10. The highest BCUT2D eigenvalue weighted by Gasteiger charge is 2.10. The first-order valence-corrected chi connectivity index (χ1v) is 5.31. The van der Waals surface area contributed by atoms with Gasteiger partial charge in [-0.15, -0.1) is 0 Å². The Morgan fingerprint density at radius 1 is 1.38 bits per heavy atom. The molecule has 0 aromatic heterocycles. The van der Waals surface area contributed by atoms with Gasteiger partial charge in [0.2, 0.25) is 0 Å². The normalized spacial score (nSPS) is 10.3. The number of benzene rings is 1. The maximum absolute atomic E-state index is 11.2. The molecule has 88 valence electrons. The molecular weight excluding hydrogens is 253 g/mol. The molecule has 0 spiro atoms. The largest absolute Gasteiger partial charge is 0.505 e. The van der Waals surface area contributed by atoms with Crippen LogP contribution in [0.1, 0.15) is 13.8 Å². The minimum atomic E-state index is -0.604. The molecule has 0 fully saturated rings. The molecule has 0 radical (unpaired) electrons. The van der Waals surface area contributed by atoms with Crippen molar-refractivity contribution in [1.29, 1.82) is 0 Å². The van der Waals surface area contributed by atoms with Crippen molar-refractivity contribution in [1.82, 2.24) is 0 Å². The maximum atomic E-state index is 11.2. The summed E-state index contributed by atoms with van der Waals surface area (Å²) < 4.78 is 4.87. The van der Waals surface area contributed by atoms with Crippen molar-refractivity contribution in [3.8, 4) is 5.75 Å². The smallest absolute Gasteiger partial charge is 0.411 e. The molecular formula is C10H11Cl2NO3. The van der Waals surface area contributed by atoms with Crippen LogP contribution >= 0.6 is 23.2 Å². The number of aromatic hydroxyl groups is 1. The van der Waals surface area contributed by atoms with Crippen molar-refractivity contribution < 1.29 is 14.6 Å². The predicted molar refractivity (Wildman–Crippen MR) is 63.4 cm³/mol. The van der Waals surface area contributed by atoms with Gasteiger partial charge >= 0.3 is 6.09 Å². The Labute approximate surface area is 103 Å². The van der Waals surface area contributed by atoms with E-state index in [1.807, 2.05) is 0 Å². The van der Waals surface area contributed by atoms with Gasteiger partial charge < -0.3 is 9.84 Å². The molecule has 0 aliphatic rings. The van der Waals surface area contributed by atoms with Crippen molar-refractivity contribution >= 4 is 35.0 Å². The third-order valence-electron chi connectivity index (χ3n) is 1.61. The summed E-state index contributed by atoms with van der Waals surface area (Å²) in [6, 6.07) is 2.76. The fourth-order valence-corrected chi connectivity index (χ4v) is 1.49. The van der Waals surface area contributed by atoms with Gasteiger partial charge in [0.05, 0.1) is 16.1 Å². The van der Waals surface area contributed by atoms with Gasteiger partial charge in [-0.05, 0) is 26.0 Å². The summed E-state index contributed by atoms with van der Waals surface area (Å²) >= 11 is 11.4. The van der Waals surface area contributed by atoms with Crippen LogP contribution in [-0.4, -0.2) is 17.3 Å². The van der Waals surface area contributed by atoms with Crippen LogP contribution in [0.3, 0.4) is 0 Å². The van der Waals surface area contributed by atoms with Crippen LogP contribution in [0.2, 0.25) is 10.0 Å². The number of halogens is 2. The second-order valence-electron chi connectivity index (χ2n) is 3.37. The zero-order valence-electron chi connectivity index (χ0n) is 8.75. The zero-order valence-corrected chi connectivity index (χ0v) is 10.3. The molecule has 6 heteroatoms. The molecule has 0 unspecified atom stereocenters. The Kier molecular flexibility index (Phi) is 4.26. The molecule has 0 bridgehead atoms. The molecule has 2 N–H and O–H groups in total. The topological polar surface area (TPSA) is 58.6 Å². The van der Waals surface area contributed by atoms with Gasteiger partial charge in [-0.2, -0.15) is 0 Å². The standard InChI is InChI=1S/C10H11Cl2NO3/c1-5(2)16-10(15)13-6-3-7(11)9(14)8(12)4-6/h3-5,14H,1-2H3,(H,13,15). The van der Waals surface area contributed by atoms with Crippen LogP contribution < -0.4 is 5.32 Å². The van der Waals surface area contributed by atoms with Gasteiger partial charge in [0, 0.05) is 5.69 Å². The van der Waals surface area contributed by atoms with Crippen LogP contribution in [0.4, 0.5) is 10.5 Å². The summed E-state index contributed by atoms with van der Waals surface area (Å²) in [5.74, 6) is -0.217. The molecule has 0 heterocycles. The highest BCUT2D eigenvalue weighted by atomic mass is 35.5. The number of phenols is 1. The summed E-state index contributed by atoms with van der Waals surface area (Å²) in [5, 5.41) is 11.9. The van der Waals surface area contributed by atoms with Gasteiger partial charge in [0.15, 0.2) is 5.75 Å². The van der Waals surface area contributed by atoms with E-state index in [4.69, 9.17) is 27.9 Å². The molecule has 16 heavy (non-hydrogen) atoms. The Hall–Kier alpha value is -1.13. The number of ether oxygens (including phenoxy) is 1. The van der Waals surface area contributed by atoms with Crippen molar-refractivity contribution in [2.75, 3.05) is 5.32 Å².